The van der Waals surface area contributed by atoms with Crippen molar-refractivity contribution in [3.05, 3.63) is 99.8 Å². The summed E-state index contributed by atoms with van der Waals surface area (Å²) >= 11 is 12.7. The molecule has 0 saturated carbocycles. The highest BCUT2D eigenvalue weighted by Gasteiger charge is 2.19. The molecule has 0 aliphatic heterocycles. The Bertz CT molecular complexity index is 1310. The van der Waals surface area contributed by atoms with E-state index < -0.39 is 5.97 Å². The third-order valence-electron chi connectivity index (χ3n) is 4.93. The summed E-state index contributed by atoms with van der Waals surface area (Å²) < 4.78 is 7.97. The van der Waals surface area contributed by atoms with Crippen LogP contribution in [0.5, 0.6) is 0 Å². The molecule has 0 N–H and O–H groups in total. The van der Waals surface area contributed by atoms with Gasteiger partial charge in [-0.2, -0.15) is 0 Å². The Morgan fingerprint density at radius 2 is 1.53 bits per heavy atom. The van der Waals surface area contributed by atoms with Crippen LogP contribution >= 0.6 is 23.2 Å². The molecule has 4 aromatic rings. The lowest BCUT2D eigenvalue weighted by Crippen LogP contribution is -2.08. The lowest BCUT2D eigenvalue weighted by atomic mass is 10.1. The van der Waals surface area contributed by atoms with Gasteiger partial charge in [-0.15, -0.1) is 0 Å². The number of rotatable bonds is 6. The van der Waals surface area contributed by atoms with E-state index in [4.69, 9.17) is 32.9 Å². The highest BCUT2D eigenvalue weighted by Crippen LogP contribution is 2.30. The minimum absolute atomic E-state index is 0.280. The van der Waals surface area contributed by atoms with Crippen molar-refractivity contribution in [1.82, 2.24) is 9.55 Å². The molecule has 32 heavy (non-hydrogen) atoms. The number of carbonyl (C=O) groups excluding carboxylic acids is 1. The van der Waals surface area contributed by atoms with E-state index in [1.165, 1.54) is 0 Å². The Labute approximate surface area is 197 Å². The van der Waals surface area contributed by atoms with Gasteiger partial charge in [0.05, 0.1) is 26.6 Å². The largest absolute Gasteiger partial charge is 0.422 e. The third-order valence-corrected chi connectivity index (χ3v) is 5.59. The van der Waals surface area contributed by atoms with Gasteiger partial charge in [-0.3, -0.25) is 0 Å². The van der Waals surface area contributed by atoms with E-state index in [1.54, 1.807) is 36.4 Å². The van der Waals surface area contributed by atoms with E-state index in [9.17, 15) is 4.79 Å². The number of halogens is 2. The van der Waals surface area contributed by atoms with Gasteiger partial charge in [-0.1, -0.05) is 73.4 Å². The first-order valence-electron chi connectivity index (χ1n) is 10.3. The standard InChI is InChI=1S/C26H22Cl2N2O2/c1-17(2)16-30-23-14-8-7-13-22(23)29-25(30)15-24(18-9-3-5-11-20(18)27)32-26(31)19-10-4-6-12-21(19)28/h3-15,17H,16H2,1-2H3/b24-15-. The van der Waals surface area contributed by atoms with Crippen molar-refractivity contribution in [1.29, 1.82) is 0 Å². The summed E-state index contributed by atoms with van der Waals surface area (Å²) in [6, 6.07) is 22.0. The Morgan fingerprint density at radius 1 is 0.938 bits per heavy atom. The normalized spacial score (nSPS) is 11.8. The van der Waals surface area contributed by atoms with Crippen molar-refractivity contribution in [3.8, 4) is 0 Å². The maximum atomic E-state index is 13.0. The fourth-order valence-corrected chi connectivity index (χ4v) is 3.93. The highest BCUT2D eigenvalue weighted by molar-refractivity contribution is 6.34. The van der Waals surface area contributed by atoms with Crippen LogP contribution in [0.1, 0.15) is 35.6 Å². The first-order valence-corrected chi connectivity index (χ1v) is 11.1. The van der Waals surface area contributed by atoms with E-state index in [2.05, 4.69) is 18.4 Å². The van der Waals surface area contributed by atoms with Crippen molar-refractivity contribution in [2.24, 2.45) is 5.92 Å². The Hall–Kier alpha value is -3.08. The number of carbonyl (C=O) groups is 1. The second kappa shape index (κ2) is 9.60. The summed E-state index contributed by atoms with van der Waals surface area (Å²) in [5, 5.41) is 0.792. The second-order valence-corrected chi connectivity index (χ2v) is 8.64. The number of fused-ring (bicyclic) bond motifs is 1. The number of hydrogen-bond donors (Lipinski definition) is 0. The maximum Gasteiger partial charge on any atom is 0.345 e. The predicted octanol–water partition coefficient (Wildman–Crippen LogP) is 7.35. The van der Waals surface area contributed by atoms with Crippen LogP contribution in [0.3, 0.4) is 0 Å². The lowest BCUT2D eigenvalue weighted by molar-refractivity contribution is 0.0694. The second-order valence-electron chi connectivity index (χ2n) is 7.82. The number of benzene rings is 3. The Balaban J connectivity index is 1.85. The quantitative estimate of drug-likeness (QED) is 0.221. The monoisotopic (exact) mass is 464 g/mol. The number of imidazole rings is 1. The van der Waals surface area contributed by atoms with Crippen LogP contribution in [0.2, 0.25) is 10.0 Å². The van der Waals surface area contributed by atoms with E-state index in [0.717, 1.165) is 17.6 Å². The molecule has 0 saturated heterocycles. The lowest BCUT2D eigenvalue weighted by Gasteiger charge is -2.13. The summed E-state index contributed by atoms with van der Waals surface area (Å²) in [6.45, 7) is 5.06. The zero-order chi connectivity index (χ0) is 22.7. The molecule has 4 rings (SSSR count). The van der Waals surface area contributed by atoms with Crippen LogP contribution in [-0.2, 0) is 11.3 Å². The van der Waals surface area contributed by atoms with E-state index in [-0.39, 0.29) is 5.56 Å². The van der Waals surface area contributed by atoms with Gasteiger partial charge in [-0.25, -0.2) is 9.78 Å². The van der Waals surface area contributed by atoms with Crippen molar-refractivity contribution < 1.29 is 9.53 Å². The SMILES string of the molecule is CC(C)Cn1c(/C=C(\OC(=O)c2ccccc2Cl)c2ccccc2Cl)nc2ccccc21. The van der Waals surface area contributed by atoms with Crippen LogP contribution in [-0.4, -0.2) is 15.5 Å². The number of hydrogen-bond acceptors (Lipinski definition) is 3. The molecule has 0 fully saturated rings. The molecule has 3 aromatic carbocycles. The van der Waals surface area contributed by atoms with Gasteiger partial charge in [0.1, 0.15) is 11.6 Å². The molecule has 4 nitrogen and oxygen atoms in total. The van der Waals surface area contributed by atoms with Crippen molar-refractivity contribution >= 4 is 52.0 Å². The molecule has 6 heteroatoms. The van der Waals surface area contributed by atoms with E-state index >= 15 is 0 Å². The smallest absolute Gasteiger partial charge is 0.345 e. The molecule has 162 valence electrons. The van der Waals surface area contributed by atoms with Crippen LogP contribution < -0.4 is 0 Å². The van der Waals surface area contributed by atoms with Crippen LogP contribution in [0.4, 0.5) is 0 Å². The molecule has 0 unspecified atom stereocenters. The van der Waals surface area contributed by atoms with Gasteiger partial charge in [0.25, 0.3) is 0 Å². The minimum atomic E-state index is -0.562. The van der Waals surface area contributed by atoms with Crippen molar-refractivity contribution in [2.45, 2.75) is 20.4 Å². The predicted molar refractivity (Wildman–Crippen MR) is 131 cm³/mol. The summed E-state index contributed by atoms with van der Waals surface area (Å²) in [5.41, 5.74) is 2.76. The Morgan fingerprint density at radius 3 is 2.19 bits per heavy atom. The van der Waals surface area contributed by atoms with Gasteiger partial charge in [0.15, 0.2) is 0 Å². The molecule has 0 bridgehead atoms. The molecular weight excluding hydrogens is 443 g/mol. The summed E-state index contributed by atoms with van der Waals surface area (Å²) in [6.07, 6.45) is 1.76. The average Bonchev–Trinajstić information content (AvgIpc) is 3.10. The zero-order valence-electron chi connectivity index (χ0n) is 17.8. The topological polar surface area (TPSA) is 44.1 Å². The summed E-state index contributed by atoms with van der Waals surface area (Å²) in [5.74, 6) is 0.824. The van der Waals surface area contributed by atoms with Crippen molar-refractivity contribution in [2.75, 3.05) is 0 Å². The number of esters is 1. The number of para-hydroxylation sites is 2. The summed E-state index contributed by atoms with van der Waals surface area (Å²) in [7, 11) is 0. The average molecular weight is 465 g/mol. The molecule has 0 atom stereocenters. The molecule has 0 aliphatic rings. The van der Waals surface area contributed by atoms with Gasteiger partial charge < -0.3 is 9.30 Å². The first-order chi connectivity index (χ1) is 15.4. The third kappa shape index (κ3) is 4.72. The van der Waals surface area contributed by atoms with Gasteiger partial charge in [-0.05, 0) is 42.3 Å². The van der Waals surface area contributed by atoms with Crippen LogP contribution in [0, 0.1) is 5.92 Å². The Kier molecular flexibility index (Phi) is 6.63. The fourth-order valence-electron chi connectivity index (χ4n) is 3.48. The van der Waals surface area contributed by atoms with Gasteiger partial charge >= 0.3 is 5.97 Å². The molecule has 1 aromatic heterocycles. The minimum Gasteiger partial charge on any atom is -0.422 e. The maximum absolute atomic E-state index is 13.0. The molecule has 1 heterocycles. The van der Waals surface area contributed by atoms with E-state index in [0.29, 0.717) is 33.1 Å². The number of ether oxygens (including phenoxy) is 1. The van der Waals surface area contributed by atoms with E-state index in [1.807, 2.05) is 42.5 Å². The molecule has 0 aliphatic carbocycles. The van der Waals surface area contributed by atoms with Crippen molar-refractivity contribution in [3.63, 3.8) is 0 Å². The van der Waals surface area contributed by atoms with Crippen LogP contribution in [0.25, 0.3) is 22.9 Å². The fraction of sp³-hybridized carbons (Fsp3) is 0.154. The molecule has 0 amide bonds. The van der Waals surface area contributed by atoms with Gasteiger partial charge in [0, 0.05) is 18.2 Å². The molecule has 0 radical (unpaired) electrons. The first kappa shape index (κ1) is 22.1. The number of nitrogens with zero attached hydrogens (tertiary/aromatic N) is 2. The molecular formula is C26H22Cl2N2O2. The molecule has 0 spiro atoms. The number of aromatic nitrogens is 2. The summed E-state index contributed by atoms with van der Waals surface area (Å²) in [4.78, 5) is 17.8. The highest BCUT2D eigenvalue weighted by atomic mass is 35.5. The van der Waals surface area contributed by atoms with Crippen LogP contribution in [0.15, 0.2) is 72.8 Å². The zero-order valence-corrected chi connectivity index (χ0v) is 19.3. The van der Waals surface area contributed by atoms with Gasteiger partial charge in [0.2, 0.25) is 0 Å².